The first-order valence-corrected chi connectivity index (χ1v) is 9.32. The second kappa shape index (κ2) is 7.90. The maximum atomic E-state index is 12.5. The second-order valence-corrected chi connectivity index (χ2v) is 7.18. The number of hydrogen-bond acceptors (Lipinski definition) is 5. The summed E-state index contributed by atoms with van der Waals surface area (Å²) in [5, 5.41) is 0. The minimum atomic E-state index is -0.651. The third-order valence-electron chi connectivity index (χ3n) is 5.20. The van der Waals surface area contributed by atoms with Crippen molar-refractivity contribution in [2.75, 3.05) is 11.5 Å². The molecular weight excluding hydrogens is 348 g/mol. The molecular formula is C20H24N2O5. The van der Waals surface area contributed by atoms with Gasteiger partial charge in [-0.15, -0.1) is 0 Å². The predicted octanol–water partition coefficient (Wildman–Crippen LogP) is 2.29. The van der Waals surface area contributed by atoms with E-state index in [1.807, 2.05) is 13.8 Å². The van der Waals surface area contributed by atoms with Gasteiger partial charge in [-0.05, 0) is 51.3 Å². The van der Waals surface area contributed by atoms with Crippen molar-refractivity contribution in [3.8, 4) is 0 Å². The van der Waals surface area contributed by atoms with Gasteiger partial charge >= 0.3 is 5.97 Å². The summed E-state index contributed by atoms with van der Waals surface area (Å²) in [7, 11) is 0. The van der Waals surface area contributed by atoms with E-state index in [4.69, 9.17) is 4.74 Å². The highest BCUT2D eigenvalue weighted by molar-refractivity contribution is 6.20. The number of esters is 1. The first-order valence-electron chi connectivity index (χ1n) is 9.32. The number of likely N-dealkylation sites (tertiary alicyclic amines) is 1. The number of benzene rings is 1. The molecule has 0 aliphatic carbocycles. The Labute approximate surface area is 158 Å². The molecule has 0 aromatic heterocycles. The summed E-state index contributed by atoms with van der Waals surface area (Å²) in [6.45, 7) is 3.69. The van der Waals surface area contributed by atoms with Crippen molar-refractivity contribution in [1.82, 2.24) is 4.90 Å². The normalized spacial score (nSPS) is 22.9. The standard InChI is InChI=1S/C20H24N2O5/c1-13-5-3-6-14(2)21(13)19(25)12-27-20(26)15-7-4-8-16(11-15)22-17(23)9-10-18(22)24/h4,7-8,11,13-14H,3,5-6,9-10,12H2,1-2H3/t13-,14+. The van der Waals surface area contributed by atoms with E-state index in [1.54, 1.807) is 17.0 Å². The monoisotopic (exact) mass is 372 g/mol. The van der Waals surface area contributed by atoms with Crippen LogP contribution in [-0.4, -0.2) is 47.3 Å². The summed E-state index contributed by atoms with van der Waals surface area (Å²) < 4.78 is 5.19. The molecule has 2 heterocycles. The van der Waals surface area contributed by atoms with Crippen molar-refractivity contribution < 1.29 is 23.9 Å². The number of carbonyl (C=O) groups excluding carboxylic acids is 4. The van der Waals surface area contributed by atoms with Crippen LogP contribution in [0.5, 0.6) is 0 Å². The van der Waals surface area contributed by atoms with Gasteiger partial charge in [-0.2, -0.15) is 0 Å². The molecule has 0 unspecified atom stereocenters. The van der Waals surface area contributed by atoms with Crippen molar-refractivity contribution >= 4 is 29.4 Å². The van der Waals surface area contributed by atoms with Gasteiger partial charge in [0.25, 0.3) is 5.91 Å². The summed E-state index contributed by atoms with van der Waals surface area (Å²) in [5.41, 5.74) is 0.550. The van der Waals surface area contributed by atoms with Crippen molar-refractivity contribution in [2.45, 2.75) is 58.0 Å². The van der Waals surface area contributed by atoms with Gasteiger partial charge in [0.1, 0.15) is 0 Å². The van der Waals surface area contributed by atoms with Gasteiger partial charge in [0.05, 0.1) is 11.3 Å². The predicted molar refractivity (Wildman–Crippen MR) is 98.1 cm³/mol. The lowest BCUT2D eigenvalue weighted by molar-refractivity contribution is -0.140. The van der Waals surface area contributed by atoms with Crippen molar-refractivity contribution in [3.63, 3.8) is 0 Å². The second-order valence-electron chi connectivity index (χ2n) is 7.18. The zero-order valence-corrected chi connectivity index (χ0v) is 15.6. The number of rotatable bonds is 4. The van der Waals surface area contributed by atoms with Crippen LogP contribution in [-0.2, 0) is 19.1 Å². The third-order valence-corrected chi connectivity index (χ3v) is 5.20. The van der Waals surface area contributed by atoms with Crippen LogP contribution in [0.3, 0.4) is 0 Å². The molecule has 0 radical (unpaired) electrons. The van der Waals surface area contributed by atoms with Gasteiger partial charge in [-0.1, -0.05) is 6.07 Å². The van der Waals surface area contributed by atoms with E-state index in [2.05, 4.69) is 0 Å². The van der Waals surface area contributed by atoms with E-state index in [-0.39, 0.29) is 54.8 Å². The average molecular weight is 372 g/mol. The molecule has 2 aliphatic heterocycles. The van der Waals surface area contributed by atoms with E-state index < -0.39 is 5.97 Å². The minimum absolute atomic E-state index is 0.135. The SMILES string of the molecule is C[C@@H]1CCC[C@H](C)N1C(=O)COC(=O)c1cccc(N2C(=O)CCC2=O)c1. The molecule has 3 rings (SSSR count). The highest BCUT2D eigenvalue weighted by atomic mass is 16.5. The average Bonchev–Trinajstić information content (AvgIpc) is 2.98. The number of ether oxygens (including phenoxy) is 1. The zero-order valence-electron chi connectivity index (χ0n) is 15.6. The van der Waals surface area contributed by atoms with Crippen LogP contribution in [0.15, 0.2) is 24.3 Å². The number of imide groups is 1. The lowest BCUT2D eigenvalue weighted by Gasteiger charge is -2.38. The maximum Gasteiger partial charge on any atom is 0.338 e. The highest BCUT2D eigenvalue weighted by Gasteiger charge is 2.31. The largest absolute Gasteiger partial charge is 0.452 e. The Hall–Kier alpha value is -2.70. The first kappa shape index (κ1) is 19.1. The molecule has 1 aromatic carbocycles. The highest BCUT2D eigenvalue weighted by Crippen LogP contribution is 2.24. The Morgan fingerprint density at radius 1 is 1.07 bits per heavy atom. The summed E-state index contributed by atoms with van der Waals surface area (Å²) in [6.07, 6.45) is 3.34. The van der Waals surface area contributed by atoms with Gasteiger partial charge in [0.15, 0.2) is 6.61 Å². The molecule has 2 saturated heterocycles. The number of piperidine rings is 1. The number of carbonyl (C=O) groups is 4. The van der Waals surface area contributed by atoms with Crippen LogP contribution in [0.1, 0.15) is 56.3 Å². The summed E-state index contributed by atoms with van der Waals surface area (Å²) in [4.78, 5) is 51.4. The molecule has 0 N–H and O–H groups in total. The molecule has 2 atom stereocenters. The van der Waals surface area contributed by atoms with Crippen LogP contribution in [0, 0.1) is 0 Å². The lowest BCUT2D eigenvalue weighted by atomic mass is 9.97. The Bertz CT molecular complexity index is 749. The van der Waals surface area contributed by atoms with Gasteiger partial charge in [-0.3, -0.25) is 19.3 Å². The van der Waals surface area contributed by atoms with E-state index in [0.717, 1.165) is 24.2 Å². The lowest BCUT2D eigenvalue weighted by Crippen LogP contribution is -2.49. The molecule has 144 valence electrons. The summed E-state index contributed by atoms with van der Waals surface area (Å²) in [5.74, 6) is -1.42. The van der Waals surface area contributed by atoms with Crippen molar-refractivity contribution in [1.29, 1.82) is 0 Å². The smallest absolute Gasteiger partial charge is 0.338 e. The molecule has 2 fully saturated rings. The molecule has 3 amide bonds. The molecule has 0 spiro atoms. The molecule has 0 bridgehead atoms. The Morgan fingerprint density at radius 3 is 2.33 bits per heavy atom. The van der Waals surface area contributed by atoms with E-state index in [0.29, 0.717) is 5.69 Å². The quantitative estimate of drug-likeness (QED) is 0.598. The van der Waals surface area contributed by atoms with Crippen LogP contribution in [0.4, 0.5) is 5.69 Å². The van der Waals surface area contributed by atoms with Crippen molar-refractivity contribution in [3.05, 3.63) is 29.8 Å². The molecule has 1 aromatic rings. The topological polar surface area (TPSA) is 84.0 Å². The summed E-state index contributed by atoms with van der Waals surface area (Å²) in [6, 6.07) is 6.43. The van der Waals surface area contributed by atoms with Gasteiger partial charge in [-0.25, -0.2) is 4.79 Å². The van der Waals surface area contributed by atoms with E-state index in [9.17, 15) is 19.2 Å². The number of anilines is 1. The van der Waals surface area contributed by atoms with Gasteiger partial charge in [0, 0.05) is 24.9 Å². The van der Waals surface area contributed by atoms with Crippen LogP contribution >= 0.6 is 0 Å². The van der Waals surface area contributed by atoms with Crippen molar-refractivity contribution in [2.24, 2.45) is 0 Å². The Balaban J connectivity index is 1.65. The fraction of sp³-hybridized carbons (Fsp3) is 0.500. The van der Waals surface area contributed by atoms with Crippen LogP contribution in [0.25, 0.3) is 0 Å². The molecule has 7 nitrogen and oxygen atoms in total. The minimum Gasteiger partial charge on any atom is -0.452 e. The number of amides is 3. The Kier molecular flexibility index (Phi) is 5.58. The fourth-order valence-electron chi connectivity index (χ4n) is 3.83. The van der Waals surface area contributed by atoms with Gasteiger partial charge in [0.2, 0.25) is 11.8 Å². The fourth-order valence-corrected chi connectivity index (χ4v) is 3.83. The summed E-state index contributed by atoms with van der Waals surface area (Å²) >= 11 is 0. The molecule has 0 saturated carbocycles. The molecule has 2 aliphatic rings. The Morgan fingerprint density at radius 2 is 1.70 bits per heavy atom. The van der Waals surface area contributed by atoms with Crippen LogP contribution in [0.2, 0.25) is 0 Å². The molecule has 7 heteroatoms. The molecule has 27 heavy (non-hydrogen) atoms. The third kappa shape index (κ3) is 4.02. The number of nitrogens with zero attached hydrogens (tertiary/aromatic N) is 2. The van der Waals surface area contributed by atoms with Gasteiger partial charge < -0.3 is 9.64 Å². The first-order chi connectivity index (χ1) is 12.9. The number of hydrogen-bond donors (Lipinski definition) is 0. The zero-order chi connectivity index (χ0) is 19.6. The van der Waals surface area contributed by atoms with Crippen LogP contribution < -0.4 is 4.90 Å². The maximum absolute atomic E-state index is 12.5. The van der Waals surface area contributed by atoms with E-state index in [1.165, 1.54) is 12.1 Å². The van der Waals surface area contributed by atoms with E-state index >= 15 is 0 Å².